The number of rotatable bonds is 4. The van der Waals surface area contributed by atoms with Gasteiger partial charge in [0, 0.05) is 31.2 Å². The molecule has 4 nitrogen and oxygen atoms in total. The van der Waals surface area contributed by atoms with Gasteiger partial charge in [0.2, 0.25) is 0 Å². The lowest BCUT2D eigenvalue weighted by Crippen LogP contribution is -2.10. The van der Waals surface area contributed by atoms with Crippen LogP contribution in [-0.4, -0.2) is 28.4 Å². The maximum Gasteiger partial charge on any atom is 0.0956 e. The molecule has 0 saturated carbocycles. The fourth-order valence-electron chi connectivity index (χ4n) is 1.73. The van der Waals surface area contributed by atoms with Gasteiger partial charge in [-0.3, -0.25) is 9.67 Å². The molecule has 1 N–H and O–H groups in total. The zero-order valence-corrected chi connectivity index (χ0v) is 9.64. The Balaban J connectivity index is 2.33. The smallest absolute Gasteiger partial charge is 0.0956 e. The van der Waals surface area contributed by atoms with E-state index in [1.165, 1.54) is 5.56 Å². The topological polar surface area (TPSA) is 42.7 Å². The Morgan fingerprint density at radius 2 is 2.06 bits per heavy atom. The summed E-state index contributed by atoms with van der Waals surface area (Å²) in [7, 11) is 3.91. The van der Waals surface area contributed by atoms with Crippen LogP contribution in [0.2, 0.25) is 0 Å². The molecule has 0 atom stereocenters. The van der Waals surface area contributed by atoms with Gasteiger partial charge >= 0.3 is 0 Å². The summed E-state index contributed by atoms with van der Waals surface area (Å²) in [5.74, 6) is 0. The van der Waals surface area contributed by atoms with E-state index in [1.54, 1.807) is 12.4 Å². The van der Waals surface area contributed by atoms with E-state index in [0.29, 0.717) is 0 Å². The lowest BCUT2D eigenvalue weighted by molar-refractivity contribution is 0.765. The average Bonchev–Trinajstić information content (AvgIpc) is 2.69. The average molecular weight is 216 g/mol. The summed E-state index contributed by atoms with van der Waals surface area (Å²) in [5.41, 5.74) is 3.45. The summed E-state index contributed by atoms with van der Waals surface area (Å²) < 4.78 is 1.86. The van der Waals surface area contributed by atoms with Crippen molar-refractivity contribution in [2.75, 3.05) is 13.6 Å². The van der Waals surface area contributed by atoms with Gasteiger partial charge in [-0.15, -0.1) is 0 Å². The zero-order chi connectivity index (χ0) is 11.4. The highest BCUT2D eigenvalue weighted by atomic mass is 15.3. The van der Waals surface area contributed by atoms with Crippen molar-refractivity contribution in [3.63, 3.8) is 0 Å². The number of aromatic nitrogens is 3. The van der Waals surface area contributed by atoms with Crippen molar-refractivity contribution in [3.05, 3.63) is 36.3 Å². The second kappa shape index (κ2) is 4.90. The van der Waals surface area contributed by atoms with Gasteiger partial charge in [-0.2, -0.15) is 5.10 Å². The molecule has 0 aliphatic carbocycles. The number of nitrogens with one attached hydrogen (secondary N) is 1. The van der Waals surface area contributed by atoms with Crippen molar-refractivity contribution < 1.29 is 0 Å². The molecular formula is C12H16N4. The molecule has 2 heterocycles. The van der Waals surface area contributed by atoms with Gasteiger partial charge in [0.05, 0.1) is 5.69 Å². The predicted molar refractivity (Wildman–Crippen MR) is 64.1 cm³/mol. The molecule has 0 aliphatic heterocycles. The summed E-state index contributed by atoms with van der Waals surface area (Å²) in [6, 6.07) is 3.98. The Morgan fingerprint density at radius 1 is 1.31 bits per heavy atom. The first kappa shape index (κ1) is 10.8. The van der Waals surface area contributed by atoms with Gasteiger partial charge in [-0.25, -0.2) is 0 Å². The van der Waals surface area contributed by atoms with Crippen LogP contribution in [0.25, 0.3) is 11.3 Å². The Morgan fingerprint density at radius 3 is 2.75 bits per heavy atom. The van der Waals surface area contributed by atoms with Crippen LogP contribution < -0.4 is 5.32 Å². The molecule has 0 radical (unpaired) electrons. The molecule has 84 valence electrons. The molecule has 2 aromatic rings. The predicted octanol–water partition coefficient (Wildman–Crippen LogP) is 1.24. The molecular weight excluding hydrogens is 200 g/mol. The molecule has 16 heavy (non-hydrogen) atoms. The van der Waals surface area contributed by atoms with Crippen molar-refractivity contribution in [1.29, 1.82) is 0 Å². The largest absolute Gasteiger partial charge is 0.319 e. The van der Waals surface area contributed by atoms with Gasteiger partial charge in [-0.05, 0) is 37.7 Å². The van der Waals surface area contributed by atoms with Crippen molar-refractivity contribution in [2.45, 2.75) is 6.42 Å². The van der Waals surface area contributed by atoms with E-state index < -0.39 is 0 Å². The van der Waals surface area contributed by atoms with Crippen LogP contribution in [0.1, 0.15) is 5.56 Å². The van der Waals surface area contributed by atoms with Gasteiger partial charge in [-0.1, -0.05) is 0 Å². The van der Waals surface area contributed by atoms with Crippen molar-refractivity contribution in [2.24, 2.45) is 7.05 Å². The SMILES string of the molecule is CNCCc1cn(C)nc1-c1ccncc1. The fourth-order valence-corrected chi connectivity index (χ4v) is 1.73. The van der Waals surface area contributed by atoms with E-state index in [-0.39, 0.29) is 0 Å². The summed E-state index contributed by atoms with van der Waals surface area (Å²) in [6.07, 6.45) is 6.66. The molecule has 0 spiro atoms. The first-order valence-electron chi connectivity index (χ1n) is 5.39. The third kappa shape index (κ3) is 2.28. The number of hydrogen-bond acceptors (Lipinski definition) is 3. The van der Waals surface area contributed by atoms with Crippen molar-refractivity contribution >= 4 is 0 Å². The molecule has 4 heteroatoms. The lowest BCUT2D eigenvalue weighted by Gasteiger charge is -2.01. The third-order valence-corrected chi connectivity index (χ3v) is 2.50. The maximum atomic E-state index is 4.49. The minimum atomic E-state index is 0.962. The van der Waals surface area contributed by atoms with Gasteiger partial charge in [0.15, 0.2) is 0 Å². The third-order valence-electron chi connectivity index (χ3n) is 2.50. The van der Waals surface area contributed by atoms with E-state index >= 15 is 0 Å². The summed E-state index contributed by atoms with van der Waals surface area (Å²) in [5, 5.41) is 7.65. The number of nitrogens with zero attached hydrogens (tertiary/aromatic N) is 3. The fraction of sp³-hybridized carbons (Fsp3) is 0.333. The standard InChI is InChI=1S/C12H16N4/c1-13-6-3-11-9-16(2)15-12(11)10-4-7-14-8-5-10/h4-5,7-9,13H,3,6H2,1-2H3. The normalized spacial score (nSPS) is 10.6. The first-order valence-corrected chi connectivity index (χ1v) is 5.39. The van der Waals surface area contributed by atoms with Gasteiger partial charge in [0.25, 0.3) is 0 Å². The van der Waals surface area contributed by atoms with Crippen LogP contribution in [0.4, 0.5) is 0 Å². The molecule has 0 saturated heterocycles. The van der Waals surface area contributed by atoms with Crippen LogP contribution in [0, 0.1) is 0 Å². The molecule has 2 aromatic heterocycles. The first-order chi connectivity index (χ1) is 7.81. The Hall–Kier alpha value is -1.68. The van der Waals surface area contributed by atoms with E-state index in [1.807, 2.05) is 30.9 Å². The zero-order valence-electron chi connectivity index (χ0n) is 9.64. The minimum absolute atomic E-state index is 0.962. The number of aryl methyl sites for hydroxylation is 1. The van der Waals surface area contributed by atoms with Crippen LogP contribution in [0.3, 0.4) is 0 Å². The molecule has 0 unspecified atom stereocenters. The highest BCUT2D eigenvalue weighted by Gasteiger charge is 2.08. The summed E-state index contributed by atoms with van der Waals surface area (Å²) >= 11 is 0. The van der Waals surface area contributed by atoms with E-state index in [9.17, 15) is 0 Å². The van der Waals surface area contributed by atoms with Crippen LogP contribution in [-0.2, 0) is 13.5 Å². The molecule has 0 fully saturated rings. The highest BCUT2D eigenvalue weighted by Crippen LogP contribution is 2.21. The number of hydrogen-bond donors (Lipinski definition) is 1. The van der Waals surface area contributed by atoms with Crippen LogP contribution >= 0.6 is 0 Å². The van der Waals surface area contributed by atoms with E-state index in [2.05, 4.69) is 21.6 Å². The van der Waals surface area contributed by atoms with E-state index in [0.717, 1.165) is 24.2 Å². The molecule has 0 bridgehead atoms. The molecule has 0 amide bonds. The Labute approximate surface area is 95.3 Å². The Bertz CT molecular complexity index is 447. The summed E-state index contributed by atoms with van der Waals surface area (Å²) in [6.45, 7) is 0.962. The molecule has 2 rings (SSSR count). The van der Waals surface area contributed by atoms with Crippen LogP contribution in [0.15, 0.2) is 30.7 Å². The summed E-state index contributed by atoms with van der Waals surface area (Å²) in [4.78, 5) is 4.02. The van der Waals surface area contributed by atoms with Crippen molar-refractivity contribution in [3.8, 4) is 11.3 Å². The number of pyridine rings is 1. The van der Waals surface area contributed by atoms with E-state index in [4.69, 9.17) is 0 Å². The number of likely N-dealkylation sites (N-methyl/N-ethyl adjacent to an activating group) is 1. The lowest BCUT2D eigenvalue weighted by atomic mass is 10.1. The van der Waals surface area contributed by atoms with Gasteiger partial charge in [0.1, 0.15) is 0 Å². The molecule has 0 aromatic carbocycles. The van der Waals surface area contributed by atoms with Crippen molar-refractivity contribution in [1.82, 2.24) is 20.1 Å². The quantitative estimate of drug-likeness (QED) is 0.836. The maximum absolute atomic E-state index is 4.49. The highest BCUT2D eigenvalue weighted by molar-refractivity contribution is 5.61. The van der Waals surface area contributed by atoms with Crippen LogP contribution in [0.5, 0.6) is 0 Å². The monoisotopic (exact) mass is 216 g/mol. The molecule has 0 aliphatic rings. The second-order valence-electron chi connectivity index (χ2n) is 3.77. The van der Waals surface area contributed by atoms with Gasteiger partial charge < -0.3 is 5.32 Å². The minimum Gasteiger partial charge on any atom is -0.319 e. The second-order valence-corrected chi connectivity index (χ2v) is 3.77. The Kier molecular flexibility index (Phi) is 3.31.